The lowest BCUT2D eigenvalue weighted by Gasteiger charge is -2.41. The molecule has 0 radical (unpaired) electrons. The van der Waals surface area contributed by atoms with Crippen molar-refractivity contribution in [3.05, 3.63) is 34.9 Å². The Balaban J connectivity index is 1.68. The summed E-state index contributed by atoms with van der Waals surface area (Å²) in [6, 6.07) is 8.04. The molecule has 1 aromatic carbocycles. The predicted octanol–water partition coefficient (Wildman–Crippen LogP) is 1.93. The summed E-state index contributed by atoms with van der Waals surface area (Å²) in [5.74, 6) is 0. The molecule has 1 aromatic rings. The molecule has 0 aromatic heterocycles. The second-order valence-electron chi connectivity index (χ2n) is 5.60. The highest BCUT2D eigenvalue weighted by Crippen LogP contribution is 2.46. The molecular formula is C14H18ClNO2. The maximum atomic E-state index is 9.43. The molecule has 2 aliphatic rings. The Morgan fingerprint density at radius 3 is 2.61 bits per heavy atom. The molecule has 0 spiro atoms. The number of benzene rings is 1. The summed E-state index contributed by atoms with van der Waals surface area (Å²) < 4.78 is 5.22. The summed E-state index contributed by atoms with van der Waals surface area (Å²) in [7, 11) is 0. The van der Waals surface area contributed by atoms with Gasteiger partial charge in [0.1, 0.15) is 0 Å². The summed E-state index contributed by atoms with van der Waals surface area (Å²) in [6.07, 6.45) is 2.27. The lowest BCUT2D eigenvalue weighted by Crippen LogP contribution is -2.53. The summed E-state index contributed by atoms with van der Waals surface area (Å²) in [5, 5.41) is 13.8. The van der Waals surface area contributed by atoms with Crippen LogP contribution in [0.25, 0.3) is 0 Å². The van der Waals surface area contributed by atoms with Gasteiger partial charge < -0.3 is 15.2 Å². The highest BCUT2D eigenvalue weighted by atomic mass is 35.5. The van der Waals surface area contributed by atoms with Crippen molar-refractivity contribution in [1.82, 2.24) is 5.32 Å². The van der Waals surface area contributed by atoms with E-state index in [2.05, 4.69) is 11.4 Å². The van der Waals surface area contributed by atoms with E-state index >= 15 is 0 Å². The Morgan fingerprint density at radius 1 is 1.33 bits per heavy atom. The normalized spacial score (nSPS) is 23.4. The first-order valence-corrected chi connectivity index (χ1v) is 6.76. The number of hydrogen-bond donors (Lipinski definition) is 2. The monoisotopic (exact) mass is 267 g/mol. The number of nitrogens with one attached hydrogen (secondary N) is 1. The highest BCUT2D eigenvalue weighted by molar-refractivity contribution is 6.30. The van der Waals surface area contributed by atoms with Crippen LogP contribution >= 0.6 is 11.6 Å². The first-order valence-electron chi connectivity index (χ1n) is 6.38. The van der Waals surface area contributed by atoms with E-state index in [0.29, 0.717) is 13.2 Å². The third-order valence-corrected chi connectivity index (χ3v) is 4.32. The molecule has 1 aliphatic heterocycles. The van der Waals surface area contributed by atoms with Crippen molar-refractivity contribution >= 4 is 11.6 Å². The summed E-state index contributed by atoms with van der Waals surface area (Å²) in [5.41, 5.74) is 1.25. The van der Waals surface area contributed by atoms with Crippen molar-refractivity contribution in [1.29, 1.82) is 0 Å². The minimum atomic E-state index is -0.0752. The van der Waals surface area contributed by atoms with Gasteiger partial charge in [-0.2, -0.15) is 0 Å². The van der Waals surface area contributed by atoms with E-state index in [9.17, 15) is 5.11 Å². The lowest BCUT2D eigenvalue weighted by atomic mass is 9.86. The van der Waals surface area contributed by atoms with Gasteiger partial charge in [-0.25, -0.2) is 0 Å². The van der Waals surface area contributed by atoms with Crippen molar-refractivity contribution < 1.29 is 9.84 Å². The second-order valence-corrected chi connectivity index (χ2v) is 6.03. The van der Waals surface area contributed by atoms with Crippen LogP contribution in [0.2, 0.25) is 5.02 Å². The molecule has 1 saturated carbocycles. The molecule has 0 amide bonds. The average molecular weight is 268 g/mol. The quantitative estimate of drug-likeness (QED) is 0.857. The van der Waals surface area contributed by atoms with Gasteiger partial charge in [-0.15, -0.1) is 0 Å². The number of ether oxygens (including phenoxy) is 1. The van der Waals surface area contributed by atoms with Crippen LogP contribution in [0.3, 0.4) is 0 Å². The summed E-state index contributed by atoms with van der Waals surface area (Å²) in [6.45, 7) is 2.30. The number of hydrogen-bond acceptors (Lipinski definition) is 3. The Morgan fingerprint density at radius 2 is 2.11 bits per heavy atom. The van der Waals surface area contributed by atoms with Crippen molar-refractivity contribution in [2.45, 2.75) is 18.4 Å². The van der Waals surface area contributed by atoms with Gasteiger partial charge in [0, 0.05) is 17.1 Å². The molecule has 18 heavy (non-hydrogen) atoms. The smallest absolute Gasteiger partial charge is 0.0579 e. The van der Waals surface area contributed by atoms with Crippen molar-refractivity contribution in [2.24, 2.45) is 5.41 Å². The number of halogens is 1. The van der Waals surface area contributed by atoms with Crippen molar-refractivity contribution in [2.75, 3.05) is 26.4 Å². The minimum absolute atomic E-state index is 0.0721. The van der Waals surface area contributed by atoms with E-state index in [0.717, 1.165) is 24.4 Å². The molecule has 0 bridgehead atoms. The zero-order valence-electron chi connectivity index (χ0n) is 10.3. The Kier molecular flexibility index (Phi) is 3.10. The minimum Gasteiger partial charge on any atom is -0.396 e. The summed E-state index contributed by atoms with van der Waals surface area (Å²) >= 11 is 6.05. The third-order valence-electron chi connectivity index (χ3n) is 4.08. The molecule has 98 valence electrons. The van der Waals surface area contributed by atoms with Crippen LogP contribution < -0.4 is 5.32 Å². The van der Waals surface area contributed by atoms with Crippen LogP contribution in [0, 0.1) is 5.41 Å². The Labute approximate surface area is 112 Å². The lowest BCUT2D eigenvalue weighted by molar-refractivity contribution is -0.135. The van der Waals surface area contributed by atoms with Gasteiger partial charge in [0.15, 0.2) is 0 Å². The van der Waals surface area contributed by atoms with Gasteiger partial charge in [-0.3, -0.25) is 0 Å². The molecule has 1 heterocycles. The van der Waals surface area contributed by atoms with E-state index in [1.165, 1.54) is 5.56 Å². The van der Waals surface area contributed by atoms with Crippen LogP contribution in [-0.4, -0.2) is 31.5 Å². The summed E-state index contributed by atoms with van der Waals surface area (Å²) in [4.78, 5) is 0. The molecule has 2 fully saturated rings. The van der Waals surface area contributed by atoms with Crippen LogP contribution in [-0.2, 0) is 10.3 Å². The molecule has 4 heteroatoms. The number of aliphatic hydroxyl groups is 1. The SMILES string of the molecule is OCC1(CNC2(c3cccc(Cl)c3)CC2)COC1. The largest absolute Gasteiger partial charge is 0.396 e. The van der Waals surface area contributed by atoms with Crippen molar-refractivity contribution in [3.63, 3.8) is 0 Å². The fourth-order valence-electron chi connectivity index (χ4n) is 2.48. The molecule has 3 rings (SSSR count). The van der Waals surface area contributed by atoms with Gasteiger partial charge in [-0.1, -0.05) is 23.7 Å². The maximum Gasteiger partial charge on any atom is 0.0579 e. The van der Waals surface area contributed by atoms with Crippen LogP contribution in [0.4, 0.5) is 0 Å². The van der Waals surface area contributed by atoms with E-state index in [4.69, 9.17) is 16.3 Å². The van der Waals surface area contributed by atoms with Gasteiger partial charge in [0.05, 0.1) is 25.2 Å². The van der Waals surface area contributed by atoms with Crippen LogP contribution in [0.1, 0.15) is 18.4 Å². The topological polar surface area (TPSA) is 41.5 Å². The van der Waals surface area contributed by atoms with Crippen LogP contribution in [0.15, 0.2) is 24.3 Å². The van der Waals surface area contributed by atoms with E-state index < -0.39 is 0 Å². The fraction of sp³-hybridized carbons (Fsp3) is 0.571. The molecule has 3 nitrogen and oxygen atoms in total. The van der Waals surface area contributed by atoms with Gasteiger partial charge >= 0.3 is 0 Å². The number of aliphatic hydroxyl groups excluding tert-OH is 1. The number of rotatable bonds is 5. The Bertz CT molecular complexity index is 436. The second kappa shape index (κ2) is 4.49. The average Bonchev–Trinajstić information content (AvgIpc) is 3.09. The molecule has 2 N–H and O–H groups in total. The molecule has 0 atom stereocenters. The van der Waals surface area contributed by atoms with E-state index in [1.54, 1.807) is 0 Å². The zero-order valence-corrected chi connectivity index (χ0v) is 11.0. The van der Waals surface area contributed by atoms with Crippen molar-refractivity contribution in [3.8, 4) is 0 Å². The van der Waals surface area contributed by atoms with Gasteiger partial charge in [0.2, 0.25) is 0 Å². The van der Waals surface area contributed by atoms with E-state index in [-0.39, 0.29) is 17.6 Å². The third kappa shape index (κ3) is 2.16. The highest BCUT2D eigenvalue weighted by Gasteiger charge is 2.47. The van der Waals surface area contributed by atoms with Gasteiger partial charge in [-0.05, 0) is 30.5 Å². The maximum absolute atomic E-state index is 9.43. The molecule has 1 saturated heterocycles. The predicted molar refractivity (Wildman–Crippen MR) is 70.7 cm³/mol. The Hall–Kier alpha value is -0.610. The van der Waals surface area contributed by atoms with E-state index in [1.807, 2.05) is 18.2 Å². The molecule has 1 aliphatic carbocycles. The van der Waals surface area contributed by atoms with Crippen LogP contribution in [0.5, 0.6) is 0 Å². The molecular weight excluding hydrogens is 250 g/mol. The standard InChI is InChI=1S/C14H18ClNO2/c15-12-3-1-2-11(6-12)14(4-5-14)16-7-13(8-17)9-18-10-13/h1-3,6,16-17H,4-5,7-10H2. The van der Waals surface area contributed by atoms with Gasteiger partial charge in [0.25, 0.3) is 0 Å². The molecule has 0 unspecified atom stereocenters. The first-order chi connectivity index (χ1) is 8.68. The first kappa shape index (κ1) is 12.4. The fourth-order valence-corrected chi connectivity index (χ4v) is 2.67. The zero-order chi connectivity index (χ0) is 12.6.